The summed E-state index contributed by atoms with van der Waals surface area (Å²) in [4.78, 5) is 32.9. The van der Waals surface area contributed by atoms with Crippen molar-refractivity contribution in [2.45, 2.75) is 12.8 Å². The lowest BCUT2D eigenvalue weighted by molar-refractivity contribution is -0.132. The molecule has 0 unspecified atom stereocenters. The first kappa shape index (κ1) is 21.0. The number of carbonyl (C=O) groups excluding carboxylic acids is 2. The minimum Gasteiger partial charge on any atom is -0.444 e. The maximum Gasteiger partial charge on any atom is 0.234 e. The molecule has 1 aliphatic heterocycles. The van der Waals surface area contributed by atoms with Crippen LogP contribution in [0.3, 0.4) is 0 Å². The Bertz CT molecular complexity index is 785. The smallest absolute Gasteiger partial charge is 0.234 e. The van der Waals surface area contributed by atoms with Gasteiger partial charge < -0.3 is 19.4 Å². The van der Waals surface area contributed by atoms with Crippen molar-refractivity contribution in [3.63, 3.8) is 0 Å². The minimum absolute atomic E-state index is 0.0110. The van der Waals surface area contributed by atoms with Crippen molar-refractivity contribution in [2.75, 3.05) is 53.0 Å². The van der Waals surface area contributed by atoms with Gasteiger partial charge in [0, 0.05) is 52.0 Å². The average molecular weight is 400 g/mol. The highest BCUT2D eigenvalue weighted by Gasteiger charge is 2.23. The number of nitrogens with zero attached hydrogens (tertiary/aromatic N) is 3. The summed E-state index contributed by atoms with van der Waals surface area (Å²) in [6, 6.07) is 9.61. The summed E-state index contributed by atoms with van der Waals surface area (Å²) in [5.74, 6) is 0.563. The second kappa shape index (κ2) is 10.7. The molecule has 1 aromatic heterocycles. The molecule has 2 aromatic rings. The number of amides is 2. The second-order valence-electron chi connectivity index (χ2n) is 7.04. The van der Waals surface area contributed by atoms with Crippen molar-refractivity contribution in [1.82, 2.24) is 20.1 Å². The van der Waals surface area contributed by atoms with E-state index in [-0.39, 0.29) is 18.2 Å². The Balaban J connectivity index is 1.40. The SMILES string of the molecule is COCCCNC(=O)CN1CCN(C(=O)Cc2coc(-c3ccccc3)n2)CC1. The zero-order valence-electron chi connectivity index (χ0n) is 16.8. The molecule has 1 fully saturated rings. The Morgan fingerprint density at radius 2 is 1.93 bits per heavy atom. The van der Waals surface area contributed by atoms with Crippen LogP contribution >= 0.6 is 0 Å². The zero-order valence-corrected chi connectivity index (χ0v) is 16.8. The fraction of sp³-hybridized carbons (Fsp3) is 0.476. The number of piperazine rings is 1. The molecule has 1 saturated heterocycles. The number of hydrogen-bond donors (Lipinski definition) is 1. The lowest BCUT2D eigenvalue weighted by Gasteiger charge is -2.34. The molecule has 0 radical (unpaired) electrons. The van der Waals surface area contributed by atoms with Crippen LogP contribution in [0.5, 0.6) is 0 Å². The van der Waals surface area contributed by atoms with E-state index in [2.05, 4.69) is 15.2 Å². The van der Waals surface area contributed by atoms with Gasteiger partial charge in [-0.15, -0.1) is 0 Å². The number of methoxy groups -OCH3 is 1. The third-order valence-electron chi connectivity index (χ3n) is 4.84. The number of hydrogen-bond acceptors (Lipinski definition) is 6. The molecule has 156 valence electrons. The van der Waals surface area contributed by atoms with Crippen molar-refractivity contribution in [3.8, 4) is 11.5 Å². The van der Waals surface area contributed by atoms with Crippen LogP contribution in [0.25, 0.3) is 11.5 Å². The third kappa shape index (κ3) is 6.40. The van der Waals surface area contributed by atoms with E-state index in [0.29, 0.717) is 57.5 Å². The molecule has 1 N–H and O–H groups in total. The van der Waals surface area contributed by atoms with Gasteiger partial charge in [-0.25, -0.2) is 4.98 Å². The van der Waals surface area contributed by atoms with Gasteiger partial charge in [-0.1, -0.05) is 18.2 Å². The van der Waals surface area contributed by atoms with Gasteiger partial charge >= 0.3 is 0 Å². The molecule has 8 heteroatoms. The zero-order chi connectivity index (χ0) is 20.5. The summed E-state index contributed by atoms with van der Waals surface area (Å²) in [5.41, 5.74) is 1.52. The molecule has 2 amide bonds. The highest BCUT2D eigenvalue weighted by atomic mass is 16.5. The molecule has 0 atom stereocenters. The summed E-state index contributed by atoms with van der Waals surface area (Å²) < 4.78 is 10.5. The van der Waals surface area contributed by atoms with Crippen LogP contribution < -0.4 is 5.32 Å². The number of aromatic nitrogens is 1. The van der Waals surface area contributed by atoms with E-state index in [0.717, 1.165) is 12.0 Å². The molecular formula is C21H28N4O4. The van der Waals surface area contributed by atoms with Crippen LogP contribution in [0, 0.1) is 0 Å². The monoisotopic (exact) mass is 400 g/mol. The predicted octanol–water partition coefficient (Wildman–Crippen LogP) is 1.18. The van der Waals surface area contributed by atoms with Gasteiger partial charge in [0.15, 0.2) is 0 Å². The number of nitrogens with one attached hydrogen (secondary N) is 1. The number of oxazole rings is 1. The maximum atomic E-state index is 12.6. The number of benzene rings is 1. The highest BCUT2D eigenvalue weighted by molar-refractivity contribution is 5.79. The molecular weight excluding hydrogens is 372 g/mol. The van der Waals surface area contributed by atoms with Gasteiger partial charge in [-0.2, -0.15) is 0 Å². The number of rotatable bonds is 9. The fourth-order valence-electron chi connectivity index (χ4n) is 3.23. The largest absolute Gasteiger partial charge is 0.444 e. The molecule has 0 bridgehead atoms. The molecule has 0 aliphatic carbocycles. The van der Waals surface area contributed by atoms with E-state index >= 15 is 0 Å². The number of carbonyl (C=O) groups is 2. The first-order chi connectivity index (χ1) is 14.2. The predicted molar refractivity (Wildman–Crippen MR) is 108 cm³/mol. The van der Waals surface area contributed by atoms with Crippen LogP contribution in [0.4, 0.5) is 0 Å². The molecule has 0 saturated carbocycles. The Morgan fingerprint density at radius 1 is 1.17 bits per heavy atom. The summed E-state index contributed by atoms with van der Waals surface area (Å²) in [5, 5.41) is 2.89. The second-order valence-corrected chi connectivity index (χ2v) is 7.04. The maximum absolute atomic E-state index is 12.6. The summed E-state index contributed by atoms with van der Waals surface area (Å²) in [7, 11) is 1.65. The van der Waals surface area contributed by atoms with Crippen molar-refractivity contribution >= 4 is 11.8 Å². The van der Waals surface area contributed by atoms with Crippen LogP contribution in [-0.2, 0) is 20.7 Å². The van der Waals surface area contributed by atoms with E-state index in [1.165, 1.54) is 0 Å². The van der Waals surface area contributed by atoms with Crippen molar-refractivity contribution in [3.05, 3.63) is 42.3 Å². The molecule has 2 heterocycles. The molecule has 1 aliphatic rings. The first-order valence-electron chi connectivity index (χ1n) is 9.91. The molecule has 29 heavy (non-hydrogen) atoms. The summed E-state index contributed by atoms with van der Waals surface area (Å²) in [6.07, 6.45) is 2.57. The van der Waals surface area contributed by atoms with Gasteiger partial charge in [0.05, 0.1) is 18.7 Å². The van der Waals surface area contributed by atoms with E-state index in [4.69, 9.17) is 9.15 Å². The summed E-state index contributed by atoms with van der Waals surface area (Å²) >= 11 is 0. The Labute approximate surface area is 170 Å². The van der Waals surface area contributed by atoms with Gasteiger partial charge in [-0.3, -0.25) is 14.5 Å². The van der Waals surface area contributed by atoms with E-state index < -0.39 is 0 Å². The van der Waals surface area contributed by atoms with Crippen molar-refractivity contribution in [1.29, 1.82) is 0 Å². The third-order valence-corrected chi connectivity index (χ3v) is 4.84. The van der Waals surface area contributed by atoms with E-state index in [1.54, 1.807) is 13.4 Å². The highest BCUT2D eigenvalue weighted by Crippen LogP contribution is 2.18. The van der Waals surface area contributed by atoms with Crippen LogP contribution in [0.15, 0.2) is 41.0 Å². The Morgan fingerprint density at radius 3 is 2.66 bits per heavy atom. The normalized spacial score (nSPS) is 14.7. The Kier molecular flexibility index (Phi) is 7.77. The van der Waals surface area contributed by atoms with Crippen molar-refractivity contribution < 1.29 is 18.7 Å². The van der Waals surface area contributed by atoms with Gasteiger partial charge in [0.25, 0.3) is 0 Å². The lowest BCUT2D eigenvalue weighted by atomic mass is 10.2. The summed E-state index contributed by atoms with van der Waals surface area (Å²) in [6.45, 7) is 4.21. The van der Waals surface area contributed by atoms with Gasteiger partial charge in [0.1, 0.15) is 6.26 Å². The molecule has 3 rings (SSSR count). The van der Waals surface area contributed by atoms with E-state index in [9.17, 15) is 9.59 Å². The Hall–Kier alpha value is -2.71. The quantitative estimate of drug-likeness (QED) is 0.636. The van der Waals surface area contributed by atoms with Crippen LogP contribution in [-0.4, -0.2) is 79.6 Å². The lowest BCUT2D eigenvalue weighted by Crippen LogP contribution is -2.51. The topological polar surface area (TPSA) is 87.9 Å². The van der Waals surface area contributed by atoms with Gasteiger partial charge in [-0.05, 0) is 18.6 Å². The average Bonchev–Trinajstić information content (AvgIpc) is 3.21. The first-order valence-corrected chi connectivity index (χ1v) is 9.91. The number of ether oxygens (including phenoxy) is 1. The molecule has 0 spiro atoms. The molecule has 1 aromatic carbocycles. The minimum atomic E-state index is 0.0110. The fourth-order valence-corrected chi connectivity index (χ4v) is 3.23. The van der Waals surface area contributed by atoms with Crippen LogP contribution in [0.2, 0.25) is 0 Å². The van der Waals surface area contributed by atoms with Crippen molar-refractivity contribution in [2.24, 2.45) is 0 Å². The van der Waals surface area contributed by atoms with Crippen LogP contribution in [0.1, 0.15) is 12.1 Å². The van der Waals surface area contributed by atoms with E-state index in [1.807, 2.05) is 35.2 Å². The molecule has 8 nitrogen and oxygen atoms in total. The standard InChI is InChI=1S/C21H28N4O4/c1-28-13-5-8-22-19(26)15-24-9-11-25(12-10-24)20(27)14-18-16-29-21(23-18)17-6-3-2-4-7-17/h2-4,6-7,16H,5,8-15H2,1H3,(H,22,26). The van der Waals surface area contributed by atoms with Gasteiger partial charge in [0.2, 0.25) is 17.7 Å².